The molecule has 6 heteroatoms. The first-order valence-electron chi connectivity index (χ1n) is 6.98. The second-order valence-electron chi connectivity index (χ2n) is 4.92. The number of carbonyl (C=O) groups excluding carboxylic acids is 2. The average molecular weight is 279 g/mol. The van der Waals surface area contributed by atoms with E-state index in [1.165, 1.54) is 6.26 Å². The minimum Gasteiger partial charge on any atom is -0.459 e. The first-order valence-corrected chi connectivity index (χ1v) is 6.98. The Morgan fingerprint density at radius 3 is 3.05 bits per heavy atom. The third-order valence-electron chi connectivity index (χ3n) is 3.51. The summed E-state index contributed by atoms with van der Waals surface area (Å²) in [5, 5.41) is 5.80. The van der Waals surface area contributed by atoms with Gasteiger partial charge < -0.3 is 20.0 Å². The van der Waals surface area contributed by atoms with Crippen molar-refractivity contribution in [3.05, 3.63) is 24.2 Å². The highest BCUT2D eigenvalue weighted by Gasteiger charge is 2.27. The lowest BCUT2D eigenvalue weighted by Crippen LogP contribution is -2.42. The summed E-state index contributed by atoms with van der Waals surface area (Å²) in [7, 11) is 1.89. The standard InChI is InChI=1S/C14H21N3O3/c1-15-10-11-4-2-8-17(11)13(18)6-7-16-14(19)12-5-3-9-20-12/h3,5,9,11,15H,2,4,6-8,10H2,1H3,(H,16,19). The number of carbonyl (C=O) groups is 2. The van der Waals surface area contributed by atoms with E-state index in [9.17, 15) is 9.59 Å². The molecule has 6 nitrogen and oxygen atoms in total. The van der Waals surface area contributed by atoms with Gasteiger partial charge in [-0.1, -0.05) is 0 Å². The van der Waals surface area contributed by atoms with E-state index in [1.54, 1.807) is 12.1 Å². The van der Waals surface area contributed by atoms with Gasteiger partial charge in [-0.2, -0.15) is 0 Å². The van der Waals surface area contributed by atoms with Crippen LogP contribution >= 0.6 is 0 Å². The van der Waals surface area contributed by atoms with Crippen LogP contribution < -0.4 is 10.6 Å². The summed E-state index contributed by atoms with van der Waals surface area (Å²) >= 11 is 0. The van der Waals surface area contributed by atoms with Gasteiger partial charge >= 0.3 is 0 Å². The molecule has 2 N–H and O–H groups in total. The Morgan fingerprint density at radius 1 is 1.50 bits per heavy atom. The third-order valence-corrected chi connectivity index (χ3v) is 3.51. The van der Waals surface area contributed by atoms with Gasteiger partial charge in [0, 0.05) is 32.1 Å². The summed E-state index contributed by atoms with van der Waals surface area (Å²) in [6.45, 7) is 1.98. The predicted octanol–water partition coefficient (Wildman–Crippen LogP) is 0.610. The smallest absolute Gasteiger partial charge is 0.286 e. The highest BCUT2D eigenvalue weighted by atomic mass is 16.3. The monoisotopic (exact) mass is 279 g/mol. The van der Waals surface area contributed by atoms with Gasteiger partial charge in [0.15, 0.2) is 5.76 Å². The van der Waals surface area contributed by atoms with Gasteiger partial charge in [0.2, 0.25) is 5.91 Å². The fourth-order valence-electron chi connectivity index (χ4n) is 2.53. The zero-order valence-corrected chi connectivity index (χ0v) is 11.7. The Balaban J connectivity index is 1.73. The van der Waals surface area contributed by atoms with Gasteiger partial charge in [-0.15, -0.1) is 0 Å². The number of rotatable bonds is 6. The number of nitrogens with zero attached hydrogens (tertiary/aromatic N) is 1. The molecule has 1 saturated heterocycles. The van der Waals surface area contributed by atoms with Crippen LogP contribution in [0.2, 0.25) is 0 Å². The van der Waals surface area contributed by atoms with E-state index in [0.29, 0.717) is 13.0 Å². The quantitative estimate of drug-likeness (QED) is 0.800. The normalized spacial score (nSPS) is 18.2. The van der Waals surface area contributed by atoms with E-state index < -0.39 is 0 Å². The van der Waals surface area contributed by atoms with Gasteiger partial charge in [-0.05, 0) is 32.0 Å². The SMILES string of the molecule is CNCC1CCCN1C(=O)CCNC(=O)c1ccco1. The average Bonchev–Trinajstić information content (AvgIpc) is 3.10. The Labute approximate surface area is 118 Å². The van der Waals surface area contributed by atoms with Crippen LogP contribution in [0.25, 0.3) is 0 Å². The minimum absolute atomic E-state index is 0.0995. The fraction of sp³-hybridized carbons (Fsp3) is 0.571. The van der Waals surface area contributed by atoms with E-state index in [2.05, 4.69) is 10.6 Å². The minimum atomic E-state index is -0.281. The van der Waals surface area contributed by atoms with Crippen molar-refractivity contribution in [1.29, 1.82) is 0 Å². The Bertz CT molecular complexity index is 445. The number of likely N-dealkylation sites (N-methyl/N-ethyl adjacent to an activating group) is 1. The molecule has 0 spiro atoms. The van der Waals surface area contributed by atoms with Crippen LogP contribution in [0, 0.1) is 0 Å². The van der Waals surface area contributed by atoms with Gasteiger partial charge in [-0.25, -0.2) is 0 Å². The molecular weight excluding hydrogens is 258 g/mol. The van der Waals surface area contributed by atoms with Crippen LogP contribution in [-0.2, 0) is 4.79 Å². The lowest BCUT2D eigenvalue weighted by Gasteiger charge is -2.24. The third kappa shape index (κ3) is 3.60. The molecule has 1 aromatic heterocycles. The van der Waals surface area contributed by atoms with Crippen LogP contribution in [0.1, 0.15) is 29.8 Å². The molecule has 1 aromatic rings. The lowest BCUT2D eigenvalue weighted by molar-refractivity contribution is -0.131. The van der Waals surface area contributed by atoms with Crippen molar-refractivity contribution in [2.24, 2.45) is 0 Å². The van der Waals surface area contributed by atoms with Crippen LogP contribution in [0.5, 0.6) is 0 Å². The van der Waals surface area contributed by atoms with Crippen LogP contribution in [0.15, 0.2) is 22.8 Å². The molecule has 0 bridgehead atoms. The molecule has 20 heavy (non-hydrogen) atoms. The summed E-state index contributed by atoms with van der Waals surface area (Å²) < 4.78 is 4.99. The Kier molecular flexibility index (Phi) is 5.17. The van der Waals surface area contributed by atoms with E-state index in [1.807, 2.05) is 11.9 Å². The van der Waals surface area contributed by atoms with Gasteiger partial charge in [0.25, 0.3) is 5.91 Å². The van der Waals surface area contributed by atoms with E-state index in [-0.39, 0.29) is 23.6 Å². The Hall–Kier alpha value is -1.82. The molecule has 1 aliphatic heterocycles. The highest BCUT2D eigenvalue weighted by molar-refractivity contribution is 5.91. The predicted molar refractivity (Wildman–Crippen MR) is 74.3 cm³/mol. The number of hydrogen-bond donors (Lipinski definition) is 2. The van der Waals surface area contributed by atoms with Crippen molar-refractivity contribution in [2.45, 2.75) is 25.3 Å². The summed E-state index contributed by atoms with van der Waals surface area (Å²) in [6.07, 6.45) is 3.88. The summed E-state index contributed by atoms with van der Waals surface area (Å²) in [5.74, 6) is 0.0881. The molecule has 1 aliphatic rings. The molecule has 2 rings (SSSR count). The van der Waals surface area contributed by atoms with E-state index in [4.69, 9.17) is 4.42 Å². The molecule has 0 aliphatic carbocycles. The van der Waals surface area contributed by atoms with Gasteiger partial charge in [-0.3, -0.25) is 9.59 Å². The van der Waals surface area contributed by atoms with E-state index in [0.717, 1.165) is 25.9 Å². The zero-order valence-electron chi connectivity index (χ0n) is 11.7. The van der Waals surface area contributed by atoms with E-state index >= 15 is 0 Å². The summed E-state index contributed by atoms with van der Waals surface area (Å²) in [6, 6.07) is 3.54. The first-order chi connectivity index (χ1) is 9.72. The molecule has 0 radical (unpaired) electrons. The summed E-state index contributed by atoms with van der Waals surface area (Å²) in [5.41, 5.74) is 0. The van der Waals surface area contributed by atoms with Crippen LogP contribution in [0.4, 0.5) is 0 Å². The number of likely N-dealkylation sites (tertiary alicyclic amines) is 1. The van der Waals surface area contributed by atoms with Crippen molar-refractivity contribution in [1.82, 2.24) is 15.5 Å². The van der Waals surface area contributed by atoms with Gasteiger partial charge in [0.1, 0.15) is 0 Å². The fourth-order valence-corrected chi connectivity index (χ4v) is 2.53. The molecule has 0 aromatic carbocycles. The second kappa shape index (κ2) is 7.09. The molecule has 0 saturated carbocycles. The second-order valence-corrected chi connectivity index (χ2v) is 4.92. The largest absolute Gasteiger partial charge is 0.459 e. The topological polar surface area (TPSA) is 74.6 Å². The summed E-state index contributed by atoms with van der Waals surface area (Å²) in [4.78, 5) is 25.7. The molecule has 2 amide bonds. The highest BCUT2D eigenvalue weighted by Crippen LogP contribution is 2.17. The van der Waals surface area contributed by atoms with Crippen LogP contribution in [0.3, 0.4) is 0 Å². The molecule has 1 unspecified atom stereocenters. The first kappa shape index (κ1) is 14.6. The lowest BCUT2D eigenvalue weighted by atomic mass is 10.2. The molecular formula is C14H21N3O3. The Morgan fingerprint density at radius 2 is 2.35 bits per heavy atom. The van der Waals surface area contributed by atoms with Crippen LogP contribution in [-0.4, -0.2) is 49.4 Å². The number of amides is 2. The van der Waals surface area contributed by atoms with Crippen molar-refractivity contribution in [3.8, 4) is 0 Å². The molecule has 1 atom stereocenters. The maximum Gasteiger partial charge on any atom is 0.286 e. The number of nitrogens with one attached hydrogen (secondary N) is 2. The molecule has 110 valence electrons. The zero-order chi connectivity index (χ0) is 14.4. The number of hydrogen-bond acceptors (Lipinski definition) is 4. The van der Waals surface area contributed by atoms with Crippen molar-refractivity contribution >= 4 is 11.8 Å². The van der Waals surface area contributed by atoms with Gasteiger partial charge in [0.05, 0.1) is 6.26 Å². The maximum atomic E-state index is 12.1. The van der Waals surface area contributed by atoms with Crippen molar-refractivity contribution in [2.75, 3.05) is 26.7 Å². The maximum absolute atomic E-state index is 12.1. The van der Waals surface area contributed by atoms with Crippen molar-refractivity contribution in [3.63, 3.8) is 0 Å². The molecule has 1 fully saturated rings. The number of furan rings is 1. The molecule has 2 heterocycles. The van der Waals surface area contributed by atoms with Crippen molar-refractivity contribution < 1.29 is 14.0 Å².